The second-order valence-corrected chi connectivity index (χ2v) is 4.77. The summed E-state index contributed by atoms with van der Waals surface area (Å²) in [5.41, 5.74) is 1.79. The number of hydrogen-bond donors (Lipinski definition) is 1. The summed E-state index contributed by atoms with van der Waals surface area (Å²) < 4.78 is 18.3. The summed E-state index contributed by atoms with van der Waals surface area (Å²) in [4.78, 5) is 0. The molecule has 1 atom stereocenters. The summed E-state index contributed by atoms with van der Waals surface area (Å²) in [5, 5.41) is 3.44. The molecule has 96 valence electrons. The zero-order chi connectivity index (χ0) is 12.8. The predicted octanol–water partition coefficient (Wildman–Crippen LogP) is 2.89. The average Bonchev–Trinajstić information content (AvgIpc) is 2.28. The number of nitrogens with one attached hydrogen (secondary N) is 1. The number of methoxy groups -OCH3 is 1. The number of aryl methyl sites for hydroxylation is 1. The first-order valence-electron chi connectivity index (χ1n) is 6.02. The lowest BCUT2D eigenvalue weighted by Crippen LogP contribution is -2.37. The Morgan fingerprint density at radius 3 is 2.59 bits per heavy atom. The first kappa shape index (κ1) is 14.1. The van der Waals surface area contributed by atoms with Crippen molar-refractivity contribution < 1.29 is 9.13 Å². The van der Waals surface area contributed by atoms with E-state index in [1.165, 1.54) is 6.07 Å². The summed E-state index contributed by atoms with van der Waals surface area (Å²) >= 11 is 0. The van der Waals surface area contributed by atoms with Gasteiger partial charge in [0.2, 0.25) is 0 Å². The lowest BCUT2D eigenvalue weighted by molar-refractivity contribution is 0.146. The largest absolute Gasteiger partial charge is 0.383 e. The van der Waals surface area contributed by atoms with Crippen LogP contribution in [0.15, 0.2) is 18.2 Å². The lowest BCUT2D eigenvalue weighted by atomic mass is 10.0. The van der Waals surface area contributed by atoms with Gasteiger partial charge in [-0.25, -0.2) is 4.39 Å². The van der Waals surface area contributed by atoms with Gasteiger partial charge in [-0.2, -0.15) is 0 Å². The molecule has 0 radical (unpaired) electrons. The Kier molecular flexibility index (Phi) is 5.59. The molecule has 1 rings (SSSR count). The van der Waals surface area contributed by atoms with Gasteiger partial charge in [0, 0.05) is 19.7 Å². The van der Waals surface area contributed by atoms with Crippen LogP contribution in [0.1, 0.15) is 25.0 Å². The molecule has 0 amide bonds. The fourth-order valence-electron chi connectivity index (χ4n) is 1.73. The Bertz CT molecular complexity index is 352. The number of ether oxygens (including phenoxy) is 1. The maximum Gasteiger partial charge on any atom is 0.126 e. The first-order chi connectivity index (χ1) is 8.04. The fraction of sp³-hybridized carbons (Fsp3) is 0.571. The normalized spacial score (nSPS) is 13.1. The Morgan fingerprint density at radius 1 is 1.35 bits per heavy atom. The third-order valence-corrected chi connectivity index (χ3v) is 2.94. The molecule has 0 aliphatic carbocycles. The summed E-state index contributed by atoms with van der Waals surface area (Å²) in [5.74, 6) is 0.363. The molecule has 2 nitrogen and oxygen atoms in total. The molecule has 1 unspecified atom stereocenters. The maximum absolute atomic E-state index is 13.1. The van der Waals surface area contributed by atoms with Crippen LogP contribution in [-0.2, 0) is 11.3 Å². The van der Waals surface area contributed by atoms with Gasteiger partial charge >= 0.3 is 0 Å². The van der Waals surface area contributed by atoms with Gasteiger partial charge in [0.25, 0.3) is 0 Å². The van der Waals surface area contributed by atoms with Gasteiger partial charge in [0.05, 0.1) is 6.61 Å². The fourth-order valence-corrected chi connectivity index (χ4v) is 1.73. The van der Waals surface area contributed by atoms with Crippen molar-refractivity contribution in [1.82, 2.24) is 5.32 Å². The van der Waals surface area contributed by atoms with E-state index in [9.17, 15) is 4.39 Å². The van der Waals surface area contributed by atoms with Crippen LogP contribution in [0.4, 0.5) is 4.39 Å². The monoisotopic (exact) mass is 239 g/mol. The number of hydrogen-bond acceptors (Lipinski definition) is 2. The van der Waals surface area contributed by atoms with Gasteiger partial charge in [-0.1, -0.05) is 26.0 Å². The molecule has 0 fully saturated rings. The Morgan fingerprint density at radius 2 is 2.06 bits per heavy atom. The number of halogens is 1. The minimum atomic E-state index is -0.147. The lowest BCUT2D eigenvalue weighted by Gasteiger charge is -2.21. The molecule has 1 aromatic rings. The van der Waals surface area contributed by atoms with Crippen molar-refractivity contribution in [3.63, 3.8) is 0 Å². The van der Waals surface area contributed by atoms with Crippen LogP contribution < -0.4 is 5.32 Å². The van der Waals surface area contributed by atoms with Gasteiger partial charge in [-0.15, -0.1) is 0 Å². The molecule has 0 saturated heterocycles. The van der Waals surface area contributed by atoms with E-state index >= 15 is 0 Å². The van der Waals surface area contributed by atoms with Crippen molar-refractivity contribution in [2.24, 2.45) is 5.92 Å². The second-order valence-electron chi connectivity index (χ2n) is 4.77. The summed E-state index contributed by atoms with van der Waals surface area (Å²) in [6.07, 6.45) is 0. The topological polar surface area (TPSA) is 21.3 Å². The minimum absolute atomic E-state index is 0.147. The summed E-state index contributed by atoms with van der Waals surface area (Å²) in [6.45, 7) is 7.54. The summed E-state index contributed by atoms with van der Waals surface area (Å²) in [6, 6.07) is 5.55. The molecule has 17 heavy (non-hydrogen) atoms. The zero-order valence-corrected chi connectivity index (χ0v) is 11.1. The van der Waals surface area contributed by atoms with Gasteiger partial charge in [-0.3, -0.25) is 0 Å². The van der Waals surface area contributed by atoms with Crippen LogP contribution >= 0.6 is 0 Å². The molecule has 0 aliphatic rings. The highest BCUT2D eigenvalue weighted by molar-refractivity contribution is 5.23. The molecule has 0 saturated carbocycles. The molecule has 1 N–H and O–H groups in total. The number of benzene rings is 1. The minimum Gasteiger partial charge on any atom is -0.383 e. The highest BCUT2D eigenvalue weighted by Gasteiger charge is 2.12. The van der Waals surface area contributed by atoms with Gasteiger partial charge in [0.1, 0.15) is 5.82 Å². The highest BCUT2D eigenvalue weighted by atomic mass is 19.1. The van der Waals surface area contributed by atoms with E-state index in [0.717, 1.165) is 12.1 Å². The molecular weight excluding hydrogens is 217 g/mol. The molecule has 3 heteroatoms. The van der Waals surface area contributed by atoms with E-state index in [-0.39, 0.29) is 5.82 Å². The third-order valence-electron chi connectivity index (χ3n) is 2.94. The van der Waals surface area contributed by atoms with Crippen LogP contribution in [0.5, 0.6) is 0 Å². The highest BCUT2D eigenvalue weighted by Crippen LogP contribution is 2.10. The van der Waals surface area contributed by atoms with Crippen molar-refractivity contribution in [3.8, 4) is 0 Å². The number of rotatable bonds is 6. The SMILES string of the molecule is COCC(NCc1ccc(F)c(C)c1)C(C)C. The molecule has 0 spiro atoms. The third kappa shape index (κ3) is 4.44. The molecule has 0 aliphatic heterocycles. The quantitative estimate of drug-likeness (QED) is 0.824. The van der Waals surface area contributed by atoms with Crippen LogP contribution in [-0.4, -0.2) is 19.8 Å². The summed E-state index contributed by atoms with van der Waals surface area (Å²) in [7, 11) is 1.71. The predicted molar refractivity (Wildman–Crippen MR) is 68.5 cm³/mol. The molecule has 0 aromatic heterocycles. The smallest absolute Gasteiger partial charge is 0.126 e. The standard InChI is InChI=1S/C14H22FNO/c1-10(2)14(9-17-4)16-8-12-5-6-13(15)11(3)7-12/h5-7,10,14,16H,8-9H2,1-4H3. The van der Waals surface area contributed by atoms with Crippen LogP contribution in [0.2, 0.25) is 0 Å². The van der Waals surface area contributed by atoms with E-state index in [1.54, 1.807) is 14.0 Å². The van der Waals surface area contributed by atoms with Crippen LogP contribution in [0, 0.1) is 18.7 Å². The van der Waals surface area contributed by atoms with E-state index in [2.05, 4.69) is 19.2 Å². The zero-order valence-electron chi connectivity index (χ0n) is 11.1. The van der Waals surface area contributed by atoms with Crippen molar-refractivity contribution in [1.29, 1.82) is 0 Å². The van der Waals surface area contributed by atoms with Crippen molar-refractivity contribution >= 4 is 0 Å². The first-order valence-corrected chi connectivity index (χ1v) is 6.02. The van der Waals surface area contributed by atoms with Gasteiger partial charge in [0.15, 0.2) is 0 Å². The van der Waals surface area contributed by atoms with E-state index in [0.29, 0.717) is 24.1 Å². The van der Waals surface area contributed by atoms with Crippen LogP contribution in [0.25, 0.3) is 0 Å². The molecule has 0 heterocycles. The second kappa shape index (κ2) is 6.72. The van der Waals surface area contributed by atoms with Crippen molar-refractivity contribution in [2.45, 2.75) is 33.4 Å². The Balaban J connectivity index is 2.56. The van der Waals surface area contributed by atoms with Crippen molar-refractivity contribution in [3.05, 3.63) is 35.1 Å². The van der Waals surface area contributed by atoms with Gasteiger partial charge in [-0.05, 0) is 30.0 Å². The van der Waals surface area contributed by atoms with E-state index < -0.39 is 0 Å². The molecule has 0 bridgehead atoms. The Labute approximate surface area is 103 Å². The van der Waals surface area contributed by atoms with E-state index in [1.807, 2.05) is 12.1 Å². The molecular formula is C14H22FNO. The van der Waals surface area contributed by atoms with Gasteiger partial charge < -0.3 is 10.1 Å². The van der Waals surface area contributed by atoms with Crippen molar-refractivity contribution in [2.75, 3.05) is 13.7 Å². The maximum atomic E-state index is 13.1. The molecule has 1 aromatic carbocycles. The van der Waals surface area contributed by atoms with Crippen LogP contribution in [0.3, 0.4) is 0 Å². The Hall–Kier alpha value is -0.930. The van der Waals surface area contributed by atoms with E-state index in [4.69, 9.17) is 4.74 Å². The average molecular weight is 239 g/mol.